The monoisotopic (exact) mass is 375 g/mol. The van der Waals surface area contributed by atoms with E-state index in [1.165, 1.54) is 11.1 Å². The van der Waals surface area contributed by atoms with E-state index in [1.807, 2.05) is 19.4 Å². The number of rotatable bonds is 3. The first-order valence-electron chi connectivity index (χ1n) is 8.94. The number of aryl methyl sites for hydroxylation is 2. The molecule has 1 aromatic heterocycles. The summed E-state index contributed by atoms with van der Waals surface area (Å²) in [6.45, 7) is 3.84. The summed E-state index contributed by atoms with van der Waals surface area (Å²) in [6, 6.07) is 6.81. The first-order chi connectivity index (χ1) is 12.1. The van der Waals surface area contributed by atoms with E-state index >= 15 is 0 Å². The number of hydrogen-bond acceptors (Lipinski definition) is 4. The molecule has 0 bridgehead atoms. The second kappa shape index (κ2) is 7.78. The van der Waals surface area contributed by atoms with Crippen LogP contribution in [0.3, 0.4) is 0 Å². The maximum atomic E-state index is 11.9. The van der Waals surface area contributed by atoms with Crippen LogP contribution in [0.25, 0.3) is 0 Å². The predicted molar refractivity (Wildman–Crippen MR) is 105 cm³/mol. The molecule has 1 saturated heterocycles. The number of benzene rings is 1. The van der Waals surface area contributed by atoms with Crippen molar-refractivity contribution in [2.75, 3.05) is 31.6 Å². The van der Waals surface area contributed by atoms with Crippen LogP contribution in [0.1, 0.15) is 29.4 Å². The first-order valence-corrected chi connectivity index (χ1v) is 8.94. The summed E-state index contributed by atoms with van der Waals surface area (Å²) in [5.41, 5.74) is 3.65. The van der Waals surface area contributed by atoms with Gasteiger partial charge >= 0.3 is 0 Å². The van der Waals surface area contributed by atoms with Gasteiger partial charge in [-0.3, -0.25) is 9.69 Å². The highest BCUT2D eigenvalue weighted by Gasteiger charge is 2.27. The minimum absolute atomic E-state index is 0. The van der Waals surface area contributed by atoms with Gasteiger partial charge in [0.1, 0.15) is 5.82 Å². The Morgan fingerprint density at radius 1 is 1.27 bits per heavy atom. The quantitative estimate of drug-likeness (QED) is 0.890. The number of amides is 1. The number of hydrogen-bond donors (Lipinski definition) is 1. The van der Waals surface area contributed by atoms with Crippen LogP contribution in [-0.4, -0.2) is 47.0 Å². The standard InChI is InChI=1S/C19H25N5O.ClH/c1-22-9-8-21-19(22)17-12-20-7-10-24(17)13-14-3-5-16-15(11-14)4-6-18(25)23(16)2;/h3,5,8-9,11,17,20H,4,6-7,10,12-13H2,1-2H3;1H. The van der Waals surface area contributed by atoms with Gasteiger partial charge in [0.05, 0.1) is 6.04 Å². The topological polar surface area (TPSA) is 53.4 Å². The number of nitrogens with zero attached hydrogens (tertiary/aromatic N) is 4. The summed E-state index contributed by atoms with van der Waals surface area (Å²) in [7, 11) is 3.92. The first kappa shape index (κ1) is 18.9. The average molecular weight is 376 g/mol. The summed E-state index contributed by atoms with van der Waals surface area (Å²) in [5.74, 6) is 1.31. The largest absolute Gasteiger partial charge is 0.337 e. The van der Waals surface area contributed by atoms with Crippen molar-refractivity contribution in [2.45, 2.75) is 25.4 Å². The number of anilines is 1. The number of nitrogens with one attached hydrogen (secondary N) is 1. The molecule has 1 atom stereocenters. The highest BCUT2D eigenvalue weighted by molar-refractivity contribution is 5.95. The molecular formula is C19H26ClN5O. The summed E-state index contributed by atoms with van der Waals surface area (Å²) >= 11 is 0. The Hall–Kier alpha value is -1.89. The Morgan fingerprint density at radius 3 is 2.88 bits per heavy atom. The molecule has 0 spiro atoms. The molecule has 2 aliphatic heterocycles. The molecule has 0 saturated carbocycles. The molecular weight excluding hydrogens is 350 g/mol. The summed E-state index contributed by atoms with van der Waals surface area (Å²) in [6.07, 6.45) is 5.33. The van der Waals surface area contributed by atoms with Crippen LogP contribution in [0.2, 0.25) is 0 Å². The van der Waals surface area contributed by atoms with E-state index < -0.39 is 0 Å². The number of aromatic nitrogens is 2. The molecule has 0 aliphatic carbocycles. The molecule has 3 heterocycles. The van der Waals surface area contributed by atoms with Crippen LogP contribution in [-0.2, 0) is 24.8 Å². The van der Waals surface area contributed by atoms with Gasteiger partial charge in [0.15, 0.2) is 0 Å². The lowest BCUT2D eigenvalue weighted by Crippen LogP contribution is -2.46. The number of carbonyl (C=O) groups is 1. The van der Waals surface area contributed by atoms with Crippen molar-refractivity contribution >= 4 is 24.0 Å². The van der Waals surface area contributed by atoms with Gasteiger partial charge in [-0.2, -0.15) is 0 Å². The molecule has 1 unspecified atom stereocenters. The Balaban J connectivity index is 0.00000196. The zero-order valence-electron chi connectivity index (χ0n) is 15.3. The van der Waals surface area contributed by atoms with E-state index in [2.05, 4.69) is 45.0 Å². The normalized spacial score (nSPS) is 20.6. The van der Waals surface area contributed by atoms with Crippen LogP contribution in [0.5, 0.6) is 0 Å². The van der Waals surface area contributed by atoms with E-state index in [-0.39, 0.29) is 24.4 Å². The Labute approximate surface area is 160 Å². The third-order valence-corrected chi connectivity index (χ3v) is 5.38. The van der Waals surface area contributed by atoms with E-state index in [4.69, 9.17) is 0 Å². The van der Waals surface area contributed by atoms with Gasteiger partial charge in [-0.05, 0) is 23.6 Å². The highest BCUT2D eigenvalue weighted by atomic mass is 35.5. The number of carbonyl (C=O) groups excluding carboxylic acids is 1. The summed E-state index contributed by atoms with van der Waals surface area (Å²) in [5, 5.41) is 3.49. The number of halogens is 1. The maximum Gasteiger partial charge on any atom is 0.227 e. The zero-order chi connectivity index (χ0) is 17.4. The lowest BCUT2D eigenvalue weighted by molar-refractivity contribution is -0.118. The number of imidazole rings is 1. The van der Waals surface area contributed by atoms with E-state index in [0.717, 1.165) is 44.1 Å². The molecule has 1 amide bonds. The van der Waals surface area contributed by atoms with E-state index in [0.29, 0.717) is 6.42 Å². The zero-order valence-corrected chi connectivity index (χ0v) is 16.1. The molecule has 6 nitrogen and oxygen atoms in total. The fourth-order valence-electron chi connectivity index (χ4n) is 3.93. The summed E-state index contributed by atoms with van der Waals surface area (Å²) in [4.78, 5) is 20.7. The SMILES string of the molecule is CN1C(=O)CCc2cc(CN3CCNCC3c3nccn3C)ccc21.Cl. The van der Waals surface area contributed by atoms with Crippen molar-refractivity contribution in [3.05, 3.63) is 47.5 Å². The van der Waals surface area contributed by atoms with Gasteiger partial charge in [0.25, 0.3) is 0 Å². The van der Waals surface area contributed by atoms with E-state index in [9.17, 15) is 4.79 Å². The van der Waals surface area contributed by atoms with Gasteiger partial charge in [0.2, 0.25) is 5.91 Å². The number of fused-ring (bicyclic) bond motifs is 1. The van der Waals surface area contributed by atoms with Crippen molar-refractivity contribution in [1.82, 2.24) is 19.8 Å². The fraction of sp³-hybridized carbons (Fsp3) is 0.474. The van der Waals surface area contributed by atoms with Crippen LogP contribution in [0.15, 0.2) is 30.6 Å². The predicted octanol–water partition coefficient (Wildman–Crippen LogP) is 1.90. The molecule has 1 aromatic carbocycles. The molecule has 26 heavy (non-hydrogen) atoms. The van der Waals surface area contributed by atoms with Crippen molar-refractivity contribution in [3.63, 3.8) is 0 Å². The third-order valence-electron chi connectivity index (χ3n) is 5.38. The van der Waals surface area contributed by atoms with Gasteiger partial charge in [-0.25, -0.2) is 4.98 Å². The molecule has 0 radical (unpaired) electrons. The minimum atomic E-state index is 0. The van der Waals surface area contributed by atoms with Crippen LogP contribution >= 0.6 is 12.4 Å². The van der Waals surface area contributed by atoms with E-state index in [1.54, 1.807) is 4.90 Å². The smallest absolute Gasteiger partial charge is 0.227 e. The maximum absolute atomic E-state index is 11.9. The second-order valence-electron chi connectivity index (χ2n) is 7.00. The van der Waals surface area contributed by atoms with Crippen LogP contribution in [0.4, 0.5) is 5.69 Å². The van der Waals surface area contributed by atoms with Crippen molar-refractivity contribution < 1.29 is 4.79 Å². The Bertz CT molecular complexity index is 790. The number of piperazine rings is 1. The summed E-state index contributed by atoms with van der Waals surface area (Å²) < 4.78 is 2.11. The third kappa shape index (κ3) is 3.49. The van der Waals surface area contributed by atoms with Crippen molar-refractivity contribution in [1.29, 1.82) is 0 Å². The minimum Gasteiger partial charge on any atom is -0.337 e. The highest BCUT2D eigenvalue weighted by Crippen LogP contribution is 2.29. The lowest BCUT2D eigenvalue weighted by atomic mass is 9.98. The average Bonchev–Trinajstić information content (AvgIpc) is 3.05. The van der Waals surface area contributed by atoms with Crippen LogP contribution < -0.4 is 10.2 Å². The molecule has 140 valence electrons. The molecule has 2 aliphatic rings. The lowest BCUT2D eigenvalue weighted by Gasteiger charge is -2.36. The Morgan fingerprint density at radius 2 is 2.12 bits per heavy atom. The van der Waals surface area contributed by atoms with Gasteiger partial charge < -0.3 is 14.8 Å². The second-order valence-corrected chi connectivity index (χ2v) is 7.00. The Kier molecular flexibility index (Phi) is 5.65. The van der Waals surface area contributed by atoms with Gasteiger partial charge in [0, 0.05) is 64.8 Å². The van der Waals surface area contributed by atoms with Gasteiger partial charge in [-0.15, -0.1) is 12.4 Å². The van der Waals surface area contributed by atoms with Gasteiger partial charge in [-0.1, -0.05) is 12.1 Å². The molecule has 2 aromatic rings. The van der Waals surface area contributed by atoms with Crippen molar-refractivity contribution in [2.24, 2.45) is 7.05 Å². The molecule has 1 N–H and O–H groups in total. The fourth-order valence-corrected chi connectivity index (χ4v) is 3.93. The van der Waals surface area contributed by atoms with Crippen LogP contribution in [0, 0.1) is 0 Å². The van der Waals surface area contributed by atoms with Crippen molar-refractivity contribution in [3.8, 4) is 0 Å². The molecule has 4 rings (SSSR count). The molecule has 7 heteroatoms. The molecule has 1 fully saturated rings.